The van der Waals surface area contributed by atoms with Crippen LogP contribution in [0.1, 0.15) is 28.4 Å². The predicted molar refractivity (Wildman–Crippen MR) is 117 cm³/mol. The van der Waals surface area contributed by atoms with Crippen molar-refractivity contribution in [2.75, 3.05) is 25.1 Å². The second-order valence-electron chi connectivity index (χ2n) is 8.28. The van der Waals surface area contributed by atoms with E-state index >= 15 is 0 Å². The van der Waals surface area contributed by atoms with Gasteiger partial charge in [-0.3, -0.25) is 9.78 Å². The summed E-state index contributed by atoms with van der Waals surface area (Å²) in [6.07, 6.45) is 4.07. The average molecular weight is 417 g/mol. The number of halogens is 1. The van der Waals surface area contributed by atoms with Gasteiger partial charge in [0.05, 0.1) is 18.7 Å². The van der Waals surface area contributed by atoms with Gasteiger partial charge in [0, 0.05) is 43.2 Å². The lowest BCUT2D eigenvalue weighted by Crippen LogP contribution is -2.48. The maximum absolute atomic E-state index is 13.8. The highest BCUT2D eigenvalue weighted by Crippen LogP contribution is 2.49. The zero-order valence-corrected chi connectivity index (χ0v) is 17.3. The second-order valence-corrected chi connectivity index (χ2v) is 8.28. The van der Waals surface area contributed by atoms with Crippen molar-refractivity contribution in [3.05, 3.63) is 83.9 Å². The van der Waals surface area contributed by atoms with Crippen molar-refractivity contribution in [2.45, 2.75) is 18.5 Å². The molecule has 0 aliphatic carbocycles. The number of hydrogen-bond acceptors (Lipinski definition) is 4. The Balaban J connectivity index is 1.61. The van der Waals surface area contributed by atoms with E-state index in [1.165, 1.54) is 12.1 Å². The molecule has 3 atom stereocenters. The van der Waals surface area contributed by atoms with Gasteiger partial charge in [-0.1, -0.05) is 18.2 Å². The Kier molecular flexibility index (Phi) is 4.94. The third kappa shape index (κ3) is 3.27. The molecular weight excluding hydrogens is 393 g/mol. The molecule has 2 aliphatic heterocycles. The molecule has 1 N–H and O–H groups in total. The zero-order valence-electron chi connectivity index (χ0n) is 17.3. The Morgan fingerprint density at radius 3 is 2.65 bits per heavy atom. The molecule has 5 nitrogen and oxygen atoms in total. The van der Waals surface area contributed by atoms with E-state index in [-0.39, 0.29) is 36.3 Å². The third-order valence-electron chi connectivity index (χ3n) is 6.70. The highest BCUT2D eigenvalue weighted by Gasteiger charge is 2.47. The molecule has 31 heavy (non-hydrogen) atoms. The molecule has 0 bridgehead atoms. The van der Waals surface area contributed by atoms with E-state index in [1.54, 1.807) is 30.6 Å². The van der Waals surface area contributed by atoms with Crippen molar-refractivity contribution >= 4 is 11.6 Å². The minimum Gasteiger partial charge on any atom is -0.394 e. The summed E-state index contributed by atoms with van der Waals surface area (Å²) in [6.45, 7) is 0.657. The van der Waals surface area contributed by atoms with Gasteiger partial charge in [-0.2, -0.15) is 0 Å². The summed E-state index contributed by atoms with van der Waals surface area (Å²) in [5.41, 5.74) is 4.36. The Morgan fingerprint density at radius 1 is 1.13 bits per heavy atom. The van der Waals surface area contributed by atoms with Crippen LogP contribution in [0.5, 0.6) is 0 Å². The number of aliphatic hydroxyl groups is 1. The quantitative estimate of drug-likeness (QED) is 0.702. The smallest absolute Gasteiger partial charge is 0.254 e. The fourth-order valence-corrected chi connectivity index (χ4v) is 5.19. The molecule has 1 amide bonds. The molecular formula is C25H24FN3O2. The number of carbonyl (C=O) groups is 1. The molecule has 3 aromatic rings. The fourth-order valence-electron chi connectivity index (χ4n) is 5.19. The standard InChI is InChI=1S/C25H24FN3O2/c1-28-22-6-5-18(17-3-2-4-19(26)13-17)14-21(22)24-20(23(28)15-30)9-12-29(24)25(31)16-7-10-27-11-8-16/h2-8,10-11,13-14,20,23-24,30H,9,12,15H2,1H3/t20-,23+,24-/m1/s1. The van der Waals surface area contributed by atoms with Gasteiger partial charge in [-0.05, 0) is 59.5 Å². The van der Waals surface area contributed by atoms with E-state index in [2.05, 4.69) is 16.0 Å². The number of carbonyl (C=O) groups excluding carboxylic acids is 1. The lowest BCUT2D eigenvalue weighted by molar-refractivity contribution is 0.0694. The number of nitrogens with zero attached hydrogens (tertiary/aromatic N) is 3. The SMILES string of the molecule is CN1c2ccc(-c3cccc(F)c3)cc2[C@H]2[C@H](CCN2C(=O)c2ccncc2)[C@@H]1CO. The van der Waals surface area contributed by atoms with Crippen molar-refractivity contribution in [1.82, 2.24) is 9.88 Å². The number of likely N-dealkylation sites (N-methyl/N-ethyl adjacent to an activating group) is 1. The summed E-state index contributed by atoms with van der Waals surface area (Å²) >= 11 is 0. The first kappa shape index (κ1) is 19.7. The normalized spacial score (nSPS) is 22.2. The molecule has 0 radical (unpaired) electrons. The van der Waals surface area contributed by atoms with Crippen LogP contribution in [0.3, 0.4) is 0 Å². The monoisotopic (exact) mass is 417 g/mol. The molecule has 1 fully saturated rings. The van der Waals surface area contributed by atoms with Crippen molar-refractivity contribution in [3.8, 4) is 11.1 Å². The number of pyridine rings is 1. The largest absolute Gasteiger partial charge is 0.394 e. The second kappa shape index (κ2) is 7.78. The molecule has 3 heterocycles. The molecule has 5 rings (SSSR count). The van der Waals surface area contributed by atoms with E-state index in [4.69, 9.17) is 0 Å². The van der Waals surface area contributed by atoms with Crippen molar-refractivity contribution < 1.29 is 14.3 Å². The zero-order chi connectivity index (χ0) is 21.5. The number of aromatic nitrogens is 1. The number of benzene rings is 2. The van der Waals surface area contributed by atoms with Gasteiger partial charge in [0.2, 0.25) is 0 Å². The number of likely N-dealkylation sites (tertiary alicyclic amines) is 1. The fraction of sp³-hybridized carbons (Fsp3) is 0.280. The van der Waals surface area contributed by atoms with Crippen LogP contribution in [0, 0.1) is 11.7 Å². The van der Waals surface area contributed by atoms with E-state index in [0.29, 0.717) is 12.1 Å². The van der Waals surface area contributed by atoms with Crippen molar-refractivity contribution in [2.24, 2.45) is 5.92 Å². The third-order valence-corrected chi connectivity index (χ3v) is 6.70. The minimum atomic E-state index is -0.277. The van der Waals surface area contributed by atoms with Gasteiger partial charge >= 0.3 is 0 Å². The Bertz CT molecular complexity index is 1120. The van der Waals surface area contributed by atoms with Gasteiger partial charge in [0.1, 0.15) is 5.82 Å². The minimum absolute atomic E-state index is 0.0278. The average Bonchev–Trinajstić information content (AvgIpc) is 3.24. The molecule has 2 aromatic carbocycles. The molecule has 0 unspecified atom stereocenters. The molecule has 1 saturated heterocycles. The predicted octanol–water partition coefficient (Wildman–Crippen LogP) is 3.90. The van der Waals surface area contributed by atoms with Crippen LogP contribution in [-0.4, -0.2) is 47.1 Å². The number of rotatable bonds is 3. The number of hydrogen-bond donors (Lipinski definition) is 1. The van der Waals surface area contributed by atoms with E-state index in [9.17, 15) is 14.3 Å². The molecule has 0 saturated carbocycles. The summed E-state index contributed by atoms with van der Waals surface area (Å²) in [4.78, 5) is 21.4. The van der Waals surface area contributed by atoms with Gasteiger partial charge in [0.25, 0.3) is 5.91 Å². The maximum Gasteiger partial charge on any atom is 0.254 e. The highest BCUT2D eigenvalue weighted by molar-refractivity contribution is 5.95. The number of aliphatic hydroxyl groups excluding tert-OH is 1. The summed E-state index contributed by atoms with van der Waals surface area (Å²) < 4.78 is 13.8. The topological polar surface area (TPSA) is 56.7 Å². The van der Waals surface area contributed by atoms with Gasteiger partial charge in [-0.25, -0.2) is 4.39 Å². The van der Waals surface area contributed by atoms with Gasteiger partial charge in [-0.15, -0.1) is 0 Å². The van der Waals surface area contributed by atoms with Crippen molar-refractivity contribution in [3.63, 3.8) is 0 Å². The highest BCUT2D eigenvalue weighted by atomic mass is 19.1. The van der Waals surface area contributed by atoms with Crippen LogP contribution in [-0.2, 0) is 0 Å². The maximum atomic E-state index is 13.8. The van der Waals surface area contributed by atoms with Crippen LogP contribution < -0.4 is 4.90 Å². The van der Waals surface area contributed by atoms with Crippen LogP contribution in [0.2, 0.25) is 0 Å². The summed E-state index contributed by atoms with van der Waals surface area (Å²) in [5.74, 6) is -0.185. The number of anilines is 1. The molecule has 158 valence electrons. The van der Waals surface area contributed by atoms with Crippen LogP contribution in [0.15, 0.2) is 67.0 Å². The van der Waals surface area contributed by atoms with E-state index < -0.39 is 0 Å². The molecule has 1 aromatic heterocycles. The Labute approximate surface area is 180 Å². The first-order chi connectivity index (χ1) is 15.1. The van der Waals surface area contributed by atoms with Crippen molar-refractivity contribution in [1.29, 1.82) is 0 Å². The first-order valence-corrected chi connectivity index (χ1v) is 10.5. The summed E-state index contributed by atoms with van der Waals surface area (Å²) in [6, 6.07) is 15.9. The van der Waals surface area contributed by atoms with Gasteiger partial charge < -0.3 is 14.9 Å². The lowest BCUT2D eigenvalue weighted by atomic mass is 9.81. The van der Waals surface area contributed by atoms with Crippen LogP contribution >= 0.6 is 0 Å². The number of fused-ring (bicyclic) bond motifs is 3. The van der Waals surface area contributed by atoms with Crippen LogP contribution in [0.4, 0.5) is 10.1 Å². The Hall–Kier alpha value is -3.25. The first-order valence-electron chi connectivity index (χ1n) is 10.5. The van der Waals surface area contributed by atoms with Crippen LogP contribution in [0.25, 0.3) is 11.1 Å². The summed E-state index contributed by atoms with van der Waals surface area (Å²) in [5, 5.41) is 10.1. The molecule has 2 aliphatic rings. The van der Waals surface area contributed by atoms with E-state index in [0.717, 1.165) is 28.8 Å². The molecule has 0 spiro atoms. The van der Waals surface area contributed by atoms with Gasteiger partial charge in [0.15, 0.2) is 0 Å². The lowest BCUT2D eigenvalue weighted by Gasteiger charge is -2.44. The summed E-state index contributed by atoms with van der Waals surface area (Å²) in [7, 11) is 1.99. The molecule has 6 heteroatoms. The van der Waals surface area contributed by atoms with E-state index in [1.807, 2.05) is 30.1 Å². The number of amides is 1. The Morgan fingerprint density at radius 2 is 1.90 bits per heavy atom.